The normalized spacial score (nSPS) is 30.1. The number of benzene rings is 1. The highest BCUT2D eigenvalue weighted by molar-refractivity contribution is 7.91. The van der Waals surface area contributed by atoms with Gasteiger partial charge in [0.2, 0.25) is 27.7 Å². The number of carbonyl (C=O) groups excluding carboxylic acids is 4. The maximum absolute atomic E-state index is 15.6. The summed E-state index contributed by atoms with van der Waals surface area (Å²) < 4.78 is 62.1. The van der Waals surface area contributed by atoms with E-state index < -0.39 is 79.5 Å². The molecule has 2 aromatic rings. The maximum atomic E-state index is 15.6. The summed E-state index contributed by atoms with van der Waals surface area (Å²) in [5.41, 5.74) is -1.71. The molecule has 61 heavy (non-hydrogen) atoms. The number of rotatable bonds is 10. The van der Waals surface area contributed by atoms with Crippen LogP contribution in [0.15, 0.2) is 30.9 Å². The largest absolute Gasteiger partial charge is 0.491 e. The molecule has 4 heterocycles. The number of hydrogen-bond acceptors (Lipinski definition) is 11. The monoisotopic (exact) mass is 866 g/mol. The molecule has 0 radical (unpaired) electrons. The van der Waals surface area contributed by atoms with Crippen molar-refractivity contribution in [2.75, 3.05) is 32.8 Å². The van der Waals surface area contributed by atoms with Gasteiger partial charge < -0.3 is 29.7 Å². The Morgan fingerprint density at radius 2 is 1.89 bits per heavy atom. The zero-order valence-electron chi connectivity index (χ0n) is 35.6. The predicted molar refractivity (Wildman–Crippen MR) is 224 cm³/mol. The highest BCUT2D eigenvalue weighted by Crippen LogP contribution is 2.47. The fourth-order valence-electron chi connectivity index (χ4n) is 8.91. The number of fused-ring (bicyclic) bond motifs is 5. The Hall–Kier alpha value is -4.51. The Bertz CT molecular complexity index is 2210. The van der Waals surface area contributed by atoms with Gasteiger partial charge in [0.25, 0.3) is 5.91 Å². The number of aromatic nitrogens is 1. The van der Waals surface area contributed by atoms with Crippen molar-refractivity contribution in [2.24, 2.45) is 17.3 Å². The molecule has 1 aromatic carbocycles. The molecule has 1 aromatic heterocycles. The quantitative estimate of drug-likeness (QED) is 0.286. The molecule has 4 amide bonds. The molecule has 0 spiro atoms. The van der Waals surface area contributed by atoms with Gasteiger partial charge >= 0.3 is 6.09 Å². The average Bonchev–Trinajstić information content (AvgIpc) is 4.14. The minimum Gasteiger partial charge on any atom is -0.491 e. The van der Waals surface area contributed by atoms with Crippen molar-refractivity contribution >= 4 is 44.7 Å². The van der Waals surface area contributed by atoms with Gasteiger partial charge in [-0.3, -0.25) is 24.0 Å². The summed E-state index contributed by atoms with van der Waals surface area (Å²) in [7, 11) is -4.04. The van der Waals surface area contributed by atoms with Gasteiger partial charge in [0, 0.05) is 24.3 Å². The molecular weight excluding hydrogens is 808 g/mol. The van der Waals surface area contributed by atoms with Crippen LogP contribution < -0.4 is 24.8 Å². The summed E-state index contributed by atoms with van der Waals surface area (Å²) in [6.07, 6.45) is 6.28. The fourth-order valence-corrected chi connectivity index (χ4v) is 10.2. The van der Waals surface area contributed by atoms with E-state index in [1.54, 1.807) is 39.8 Å². The number of para-hydroxylation sites is 1. The van der Waals surface area contributed by atoms with E-state index in [2.05, 4.69) is 26.8 Å². The van der Waals surface area contributed by atoms with Crippen molar-refractivity contribution in [3.63, 3.8) is 0 Å². The summed E-state index contributed by atoms with van der Waals surface area (Å²) in [5, 5.41) is 6.14. The van der Waals surface area contributed by atoms with Crippen molar-refractivity contribution in [1.82, 2.24) is 30.1 Å². The number of alkyl carbamates (subject to hydrolysis) is 1. The number of hydrogen-bond donors (Lipinski definition) is 3. The third-order valence-corrected chi connectivity index (χ3v) is 15.7. The fraction of sp³-hybridized carbons (Fsp3) is 0.659. The number of nitrogens with one attached hydrogen (secondary N) is 3. The highest BCUT2D eigenvalue weighted by Gasteiger charge is 2.63. The van der Waals surface area contributed by atoms with Crippen LogP contribution >= 0.6 is 0 Å². The number of amides is 4. The van der Waals surface area contributed by atoms with E-state index in [-0.39, 0.29) is 42.8 Å². The minimum atomic E-state index is -4.04. The summed E-state index contributed by atoms with van der Waals surface area (Å²) >= 11 is 0. The predicted octanol–water partition coefficient (Wildman–Crippen LogP) is 4.51. The molecule has 2 bridgehead atoms. The number of halogens is 1. The van der Waals surface area contributed by atoms with Gasteiger partial charge in [0.15, 0.2) is 0 Å². The summed E-state index contributed by atoms with van der Waals surface area (Å²) in [5.74, 6) is -2.42. The molecular formula is C44H59FN6O9S. The first-order valence-corrected chi connectivity index (χ1v) is 23.3. The first-order valence-electron chi connectivity index (χ1n) is 21.8. The third-order valence-electron chi connectivity index (χ3n) is 13.6. The molecule has 17 heteroatoms. The number of carbonyl (C=O) groups is 4. The van der Waals surface area contributed by atoms with Crippen molar-refractivity contribution in [3.05, 3.63) is 42.2 Å². The first kappa shape index (κ1) is 43.2. The van der Waals surface area contributed by atoms with Crippen LogP contribution in [-0.2, 0) is 35.6 Å². The summed E-state index contributed by atoms with van der Waals surface area (Å²) in [4.78, 5) is 64.9. The van der Waals surface area contributed by atoms with Crippen molar-refractivity contribution in [2.45, 2.75) is 133 Å². The Labute approximate surface area is 356 Å². The van der Waals surface area contributed by atoms with Crippen LogP contribution in [0.4, 0.5) is 9.18 Å². The van der Waals surface area contributed by atoms with Gasteiger partial charge in [-0.1, -0.05) is 45.8 Å². The number of nitrogens with zero attached hydrogens (tertiary/aromatic N) is 3. The minimum absolute atomic E-state index is 0.0585. The average molecular weight is 867 g/mol. The van der Waals surface area contributed by atoms with Gasteiger partial charge in [0.1, 0.15) is 53.5 Å². The van der Waals surface area contributed by atoms with E-state index in [0.717, 1.165) is 51.6 Å². The number of pyridine rings is 1. The van der Waals surface area contributed by atoms with Crippen LogP contribution in [0.1, 0.15) is 97.5 Å². The van der Waals surface area contributed by atoms with Crippen LogP contribution in [0, 0.1) is 23.1 Å². The van der Waals surface area contributed by atoms with Crippen molar-refractivity contribution < 1.29 is 46.2 Å². The van der Waals surface area contributed by atoms with Gasteiger partial charge in [-0.25, -0.2) is 22.6 Å². The van der Waals surface area contributed by atoms with E-state index in [1.807, 2.05) is 0 Å². The molecule has 3 saturated carbocycles. The standard InChI is InChI=1S/C44H59FN6O9S/c1-6-27-24-44(27,40(54)49-61(56,57)43(5)16-17-43)48-37(52)32-23-28-25-51(32)39(53)36(42(2,3)4)47-41(55)60-33-22-26(33)12-8-7-9-13-30-35(58-21-20-50-18-11-19-50)29-14-10-15-31(45)34(29)46-38(30)59-28/h6,10,14-15,26-28,32-33,36H,1,7-9,11-13,16-25H2,2-5H3,(H,47,55)(H,48,52)(H,49,54)/t26-,27+,28-,32+,33-,36-,44-/m1/s1. The lowest BCUT2D eigenvalue weighted by Crippen LogP contribution is -2.60. The molecule has 3 N–H and O–H groups in total. The van der Waals surface area contributed by atoms with E-state index in [1.165, 1.54) is 17.0 Å². The molecule has 15 nitrogen and oxygen atoms in total. The Morgan fingerprint density at radius 1 is 1.11 bits per heavy atom. The van der Waals surface area contributed by atoms with E-state index in [9.17, 15) is 27.6 Å². The van der Waals surface area contributed by atoms with Crippen LogP contribution in [0.5, 0.6) is 11.6 Å². The lowest BCUT2D eigenvalue weighted by molar-refractivity contribution is -0.142. The maximum Gasteiger partial charge on any atom is 0.408 e. The highest BCUT2D eigenvalue weighted by atomic mass is 32.2. The molecule has 3 aliphatic carbocycles. The Kier molecular flexibility index (Phi) is 11.5. The molecule has 0 unspecified atom stereocenters. The lowest BCUT2D eigenvalue weighted by atomic mass is 9.85. The molecule has 7 atom stereocenters. The number of ether oxygens (including phenoxy) is 3. The number of likely N-dealkylation sites (tertiary alicyclic amines) is 1. The first-order chi connectivity index (χ1) is 28.9. The van der Waals surface area contributed by atoms with Crippen LogP contribution in [0.25, 0.3) is 10.9 Å². The SMILES string of the molecule is C=C[C@H]1C[C@]1(NC(=O)[C@@H]1C[C@@H]2CN1C(=O)[C@H](C(C)(C)C)NC(=O)O[C@@H]1C[C@H]1CCCCCc1c(nc3c(F)cccc3c1OCCN1CCC1)O2)C(=O)NS(=O)(=O)C1(C)CC1. The van der Waals surface area contributed by atoms with E-state index in [0.29, 0.717) is 49.1 Å². The third kappa shape index (κ3) is 8.78. The molecule has 6 aliphatic rings. The van der Waals surface area contributed by atoms with Crippen LogP contribution in [-0.4, -0.2) is 114 Å². The zero-order valence-corrected chi connectivity index (χ0v) is 36.4. The second-order valence-electron chi connectivity index (χ2n) is 19.3. The second kappa shape index (κ2) is 16.3. The van der Waals surface area contributed by atoms with Crippen molar-refractivity contribution in [1.29, 1.82) is 0 Å². The second-order valence-corrected chi connectivity index (χ2v) is 21.5. The lowest BCUT2D eigenvalue weighted by Gasteiger charge is -2.35. The van der Waals surface area contributed by atoms with Crippen molar-refractivity contribution in [3.8, 4) is 11.6 Å². The van der Waals surface area contributed by atoms with Crippen LogP contribution in [0.2, 0.25) is 0 Å². The smallest absolute Gasteiger partial charge is 0.408 e. The molecule has 8 rings (SSSR count). The summed E-state index contributed by atoms with van der Waals surface area (Å²) in [6, 6.07) is 2.39. The Balaban J connectivity index is 1.14. The topological polar surface area (TPSA) is 186 Å². The van der Waals surface area contributed by atoms with Crippen LogP contribution in [0.3, 0.4) is 0 Å². The number of sulfonamides is 1. The van der Waals surface area contributed by atoms with Gasteiger partial charge in [-0.05, 0) is 94.8 Å². The zero-order chi connectivity index (χ0) is 43.5. The molecule has 5 fully saturated rings. The summed E-state index contributed by atoms with van der Waals surface area (Å²) in [6.45, 7) is 13.7. The van der Waals surface area contributed by atoms with E-state index in [4.69, 9.17) is 19.2 Å². The van der Waals surface area contributed by atoms with Gasteiger partial charge in [0.05, 0.1) is 16.9 Å². The molecule has 332 valence electrons. The van der Waals surface area contributed by atoms with Gasteiger partial charge in [-0.15, -0.1) is 6.58 Å². The Morgan fingerprint density at radius 3 is 2.56 bits per heavy atom. The molecule has 3 aliphatic heterocycles. The van der Waals surface area contributed by atoms with E-state index >= 15 is 4.39 Å². The van der Waals surface area contributed by atoms with Gasteiger partial charge in [-0.2, -0.15) is 0 Å². The molecule has 2 saturated heterocycles.